The molecule has 2 fully saturated rings. The summed E-state index contributed by atoms with van der Waals surface area (Å²) in [5, 5.41) is 30.3. The highest BCUT2D eigenvalue weighted by molar-refractivity contribution is 5.94. The van der Waals surface area contributed by atoms with Gasteiger partial charge in [-0.1, -0.05) is 72.7 Å². The summed E-state index contributed by atoms with van der Waals surface area (Å²) in [4.78, 5) is 50.1. The van der Waals surface area contributed by atoms with Crippen LogP contribution in [0.3, 0.4) is 0 Å². The molecule has 6 aromatic rings. The summed E-state index contributed by atoms with van der Waals surface area (Å²) in [7, 11) is 0. The third-order valence-corrected chi connectivity index (χ3v) is 10.3. The summed E-state index contributed by atoms with van der Waals surface area (Å²) in [5.74, 6) is -3.10. The molecule has 0 bridgehead atoms. The summed E-state index contributed by atoms with van der Waals surface area (Å²) in [6.45, 7) is 2.23. The van der Waals surface area contributed by atoms with Gasteiger partial charge < -0.3 is 34.5 Å². The fraction of sp³-hybridized carbons (Fsp3) is 0.325. The van der Waals surface area contributed by atoms with E-state index in [0.717, 1.165) is 17.3 Å². The van der Waals surface area contributed by atoms with Crippen LogP contribution in [0.1, 0.15) is 64.5 Å². The highest BCUT2D eigenvalue weighted by Gasteiger charge is 2.48. The molecule has 1 amide bonds. The molecule has 8 rings (SSSR count). The van der Waals surface area contributed by atoms with Crippen LogP contribution >= 0.6 is 0 Å². The highest BCUT2D eigenvalue weighted by atomic mass is 19.4. The summed E-state index contributed by atoms with van der Waals surface area (Å²) < 4.78 is 53.4. The number of aliphatic hydroxyl groups is 2. The van der Waals surface area contributed by atoms with Crippen LogP contribution in [-0.2, 0) is 20.8 Å². The van der Waals surface area contributed by atoms with E-state index >= 15 is 0 Å². The zero-order valence-electron chi connectivity index (χ0n) is 31.4. The lowest BCUT2D eigenvalue weighted by Crippen LogP contribution is -2.46. The number of nitrogens with one attached hydrogen (secondary N) is 1. The number of fused-ring (bicyclic) bond motifs is 1. The van der Waals surface area contributed by atoms with Crippen LogP contribution < -0.4 is 10.2 Å². The molecular weight excluding hydrogens is 775 g/mol. The minimum atomic E-state index is -5.37. The lowest BCUT2D eigenvalue weighted by Gasteiger charge is -2.27. The van der Waals surface area contributed by atoms with Crippen molar-refractivity contribution in [3.63, 3.8) is 0 Å². The molecule has 19 heteroatoms. The monoisotopic (exact) mass is 813 g/mol. The number of halogens is 3. The molecule has 2 aliphatic heterocycles. The number of hydrogen-bond acceptors (Lipinski definition) is 14. The van der Waals surface area contributed by atoms with Gasteiger partial charge in [0.1, 0.15) is 18.3 Å². The molecule has 0 saturated carbocycles. The van der Waals surface area contributed by atoms with E-state index in [1.54, 1.807) is 11.0 Å². The van der Waals surface area contributed by atoms with Crippen molar-refractivity contribution < 1.29 is 47.1 Å². The van der Waals surface area contributed by atoms with Gasteiger partial charge in [-0.2, -0.15) is 28.2 Å². The number of alkyl halides is 3. The number of hydrogen-bond donors (Lipinski definition) is 3. The molecule has 5 atom stereocenters. The van der Waals surface area contributed by atoms with Crippen molar-refractivity contribution in [1.29, 1.82) is 0 Å². The number of imidazole rings is 1. The molecule has 306 valence electrons. The molecule has 4 aromatic heterocycles. The average Bonchev–Trinajstić information content (AvgIpc) is 4.08. The van der Waals surface area contributed by atoms with E-state index in [9.17, 15) is 33.0 Å². The van der Waals surface area contributed by atoms with E-state index in [4.69, 9.17) is 24.1 Å². The minimum Gasteiger partial charge on any atom is -0.387 e. The number of aliphatic hydroxyl groups excluding tert-OH is 2. The molecule has 59 heavy (non-hydrogen) atoms. The van der Waals surface area contributed by atoms with Gasteiger partial charge in [0, 0.05) is 44.0 Å². The number of hydroxylamine groups is 2. The molecule has 0 spiro atoms. The van der Waals surface area contributed by atoms with Gasteiger partial charge in [0.15, 0.2) is 29.0 Å². The number of carbonyl (C=O) groups excluding carboxylic acids is 2. The lowest BCUT2D eigenvalue weighted by molar-refractivity contribution is -0.233. The first-order valence-corrected chi connectivity index (χ1v) is 18.8. The van der Waals surface area contributed by atoms with Crippen molar-refractivity contribution in [3.05, 3.63) is 126 Å². The number of nitrogens with zero attached hydrogens (tertiary/aromatic N) is 8. The van der Waals surface area contributed by atoms with E-state index in [1.165, 1.54) is 29.2 Å². The summed E-state index contributed by atoms with van der Waals surface area (Å²) in [5.41, 5.74) is 3.07. The van der Waals surface area contributed by atoms with Gasteiger partial charge in [0.05, 0.1) is 23.6 Å². The number of anilines is 2. The Kier molecular flexibility index (Phi) is 11.0. The van der Waals surface area contributed by atoms with Crippen molar-refractivity contribution in [2.24, 2.45) is 0 Å². The summed E-state index contributed by atoms with van der Waals surface area (Å²) in [6.07, 6.45) is -5.93. The Labute approximate surface area is 334 Å². The largest absolute Gasteiger partial charge is 0.493 e. The number of rotatable bonds is 11. The van der Waals surface area contributed by atoms with Crippen LogP contribution in [0, 0.1) is 0 Å². The Bertz CT molecular complexity index is 2360. The van der Waals surface area contributed by atoms with Crippen LogP contribution in [0.25, 0.3) is 11.2 Å². The van der Waals surface area contributed by atoms with Gasteiger partial charge >= 0.3 is 12.1 Å². The highest BCUT2D eigenvalue weighted by Crippen LogP contribution is 2.41. The molecule has 3 N–H and O–H groups in total. The quantitative estimate of drug-likeness (QED) is 0.152. The van der Waals surface area contributed by atoms with Gasteiger partial charge in [-0.15, -0.1) is 0 Å². The standard InChI is InChI=1S/C40H38F3N9O7/c1-2-26-18-29(58-49-26)33-31(53)32(54)37(57-33)51-22-46-30-34(45-20-28(23-10-5-3-6-11-23)24-12-7-4-8-13-24)47-39(48-35(30)51)50-17-15-27(21-50)52(59-38(56)40(41,42)43)36(55)25-14-9-16-44-19-25/h3-14,16,18-19,22,27-28,31-33,37,53-54H,2,15,17,20-21H2,1H3,(H,45,47,48)/t27?,31-,32+,33+,37+/m0/s1. The second kappa shape index (κ2) is 16.4. The fourth-order valence-corrected chi connectivity index (χ4v) is 7.26. The van der Waals surface area contributed by atoms with Gasteiger partial charge in [-0.3, -0.25) is 14.3 Å². The van der Waals surface area contributed by atoms with Crippen molar-refractivity contribution in [1.82, 2.24) is 34.7 Å². The molecule has 2 aromatic carbocycles. The first-order valence-electron chi connectivity index (χ1n) is 18.8. The first kappa shape index (κ1) is 39.4. The number of aromatic nitrogens is 6. The van der Waals surface area contributed by atoms with Gasteiger partial charge in [-0.25, -0.2) is 9.78 Å². The molecular formula is C40H38F3N9O7. The minimum absolute atomic E-state index is 0.0693. The summed E-state index contributed by atoms with van der Waals surface area (Å²) in [6, 6.07) is 23.1. The smallest absolute Gasteiger partial charge is 0.387 e. The van der Waals surface area contributed by atoms with Crippen LogP contribution in [-0.4, -0.2) is 101 Å². The molecule has 0 radical (unpaired) electrons. The topological polar surface area (TPSA) is 194 Å². The average molecular weight is 814 g/mol. The van der Waals surface area contributed by atoms with E-state index in [1.807, 2.05) is 67.6 Å². The predicted molar refractivity (Wildman–Crippen MR) is 202 cm³/mol. The SMILES string of the molecule is CCc1cc([C@H]2O[C@@H](n3cnc4c(NCC(c5ccccc5)c5ccccc5)nc(N5CCC(N(OC(=O)C(F)(F)F)C(=O)c6cccnc6)C5)nc43)[C@H](O)[C@@H]2O)on1. The maximum absolute atomic E-state index is 13.5. The van der Waals surface area contributed by atoms with Crippen molar-refractivity contribution in [2.45, 2.75) is 62.4 Å². The summed E-state index contributed by atoms with van der Waals surface area (Å²) >= 11 is 0. The Morgan fingerprint density at radius 2 is 1.75 bits per heavy atom. The first-order chi connectivity index (χ1) is 28.5. The number of pyridine rings is 1. The predicted octanol–water partition coefficient (Wildman–Crippen LogP) is 4.75. The molecule has 2 aliphatic rings. The molecule has 1 unspecified atom stereocenters. The molecule has 6 heterocycles. The van der Waals surface area contributed by atoms with Gasteiger partial charge in [0.25, 0.3) is 5.91 Å². The van der Waals surface area contributed by atoms with E-state index < -0.39 is 48.6 Å². The lowest BCUT2D eigenvalue weighted by atomic mass is 9.91. The zero-order chi connectivity index (χ0) is 41.3. The number of aryl methyl sites for hydroxylation is 1. The van der Waals surface area contributed by atoms with Crippen LogP contribution in [0.5, 0.6) is 0 Å². The van der Waals surface area contributed by atoms with Crippen molar-refractivity contribution in [3.8, 4) is 0 Å². The maximum Gasteiger partial charge on any atom is 0.493 e. The van der Waals surface area contributed by atoms with E-state index in [0.29, 0.717) is 29.2 Å². The maximum atomic E-state index is 13.5. The third-order valence-electron chi connectivity index (χ3n) is 10.3. The van der Waals surface area contributed by atoms with Gasteiger partial charge in [0.2, 0.25) is 5.95 Å². The van der Waals surface area contributed by atoms with Gasteiger partial charge in [-0.05, 0) is 36.1 Å². The Hall–Kier alpha value is -6.44. The number of carbonyl (C=O) groups is 2. The third kappa shape index (κ3) is 8.03. The van der Waals surface area contributed by atoms with Crippen molar-refractivity contribution in [2.75, 3.05) is 29.9 Å². The fourth-order valence-electron chi connectivity index (χ4n) is 7.26. The Morgan fingerprint density at radius 3 is 2.39 bits per heavy atom. The Balaban J connectivity index is 1.15. The number of benzene rings is 2. The normalized spacial score (nSPS) is 20.7. The molecule has 0 aliphatic carbocycles. The Morgan fingerprint density at radius 1 is 1.02 bits per heavy atom. The van der Waals surface area contributed by atoms with E-state index in [2.05, 4.69) is 20.4 Å². The van der Waals surface area contributed by atoms with Crippen LogP contribution in [0.15, 0.2) is 102 Å². The number of ether oxygens (including phenoxy) is 1. The van der Waals surface area contributed by atoms with Crippen molar-refractivity contribution >= 4 is 34.8 Å². The van der Waals surface area contributed by atoms with E-state index in [-0.39, 0.29) is 54.2 Å². The van der Waals surface area contributed by atoms with Crippen LogP contribution in [0.2, 0.25) is 0 Å². The van der Waals surface area contributed by atoms with Crippen LogP contribution in [0.4, 0.5) is 24.9 Å². The second-order valence-electron chi connectivity index (χ2n) is 14.1. The second-order valence-corrected chi connectivity index (χ2v) is 14.1. The molecule has 2 saturated heterocycles. The number of amides is 1. The zero-order valence-corrected chi connectivity index (χ0v) is 31.4. The molecule has 16 nitrogen and oxygen atoms in total.